The van der Waals surface area contributed by atoms with E-state index in [1.807, 2.05) is 24.3 Å². The summed E-state index contributed by atoms with van der Waals surface area (Å²) in [7, 11) is 0. The summed E-state index contributed by atoms with van der Waals surface area (Å²) in [4.78, 5) is 0. The Balaban J connectivity index is 2.19. The first-order valence-corrected chi connectivity index (χ1v) is 10.5. The molecule has 2 aromatic carbocycles. The van der Waals surface area contributed by atoms with Crippen LogP contribution in [0.4, 0.5) is 0 Å². The SMILES string of the molecule is CC(C)(c1ccc(OC[C@H](O)CN)cc1)c1cc(Cl)c(OC[C@H](O)CCl)c(Cl)c1. The van der Waals surface area contributed by atoms with Gasteiger partial charge >= 0.3 is 0 Å². The van der Waals surface area contributed by atoms with Crippen LogP contribution in [0.2, 0.25) is 10.0 Å². The molecule has 0 bridgehead atoms. The summed E-state index contributed by atoms with van der Waals surface area (Å²) in [6, 6.07) is 11.2. The van der Waals surface area contributed by atoms with Gasteiger partial charge in [0.25, 0.3) is 0 Å². The summed E-state index contributed by atoms with van der Waals surface area (Å²) in [5, 5.41) is 19.8. The monoisotopic (exact) mass is 461 g/mol. The zero-order chi connectivity index (χ0) is 21.6. The highest BCUT2D eigenvalue weighted by Crippen LogP contribution is 2.40. The molecule has 0 unspecified atom stereocenters. The Labute approximate surface area is 186 Å². The van der Waals surface area contributed by atoms with Crippen molar-refractivity contribution in [3.05, 3.63) is 57.6 Å². The second-order valence-corrected chi connectivity index (χ2v) is 8.36. The fourth-order valence-corrected chi connectivity index (χ4v) is 3.36. The second-order valence-electron chi connectivity index (χ2n) is 7.24. The van der Waals surface area contributed by atoms with Gasteiger partial charge in [-0.3, -0.25) is 0 Å². The molecule has 0 heterocycles. The molecule has 0 aliphatic heterocycles. The van der Waals surface area contributed by atoms with Crippen molar-refractivity contribution in [2.75, 3.05) is 25.6 Å². The van der Waals surface area contributed by atoms with Crippen LogP contribution in [0.25, 0.3) is 0 Å². The van der Waals surface area contributed by atoms with E-state index in [1.165, 1.54) is 0 Å². The first-order valence-electron chi connectivity index (χ1n) is 9.16. The molecule has 0 aliphatic carbocycles. The van der Waals surface area contributed by atoms with Gasteiger partial charge in [-0.1, -0.05) is 49.2 Å². The van der Waals surface area contributed by atoms with Crippen molar-refractivity contribution in [3.63, 3.8) is 0 Å². The van der Waals surface area contributed by atoms with Crippen LogP contribution >= 0.6 is 34.8 Å². The standard InChI is InChI=1S/C21H26Cl3NO4/c1-21(2,13-3-5-17(6-4-13)28-12-16(27)10-25)14-7-18(23)20(19(24)8-14)29-11-15(26)9-22/h3-8,15-16,26-27H,9-12,25H2,1-2H3/t15-,16-/m1/s1. The third-order valence-electron chi connectivity index (χ3n) is 4.61. The summed E-state index contributed by atoms with van der Waals surface area (Å²) < 4.78 is 11.0. The van der Waals surface area contributed by atoms with Crippen molar-refractivity contribution in [2.45, 2.75) is 31.5 Å². The average molecular weight is 463 g/mol. The van der Waals surface area contributed by atoms with Crippen molar-refractivity contribution in [1.82, 2.24) is 0 Å². The van der Waals surface area contributed by atoms with E-state index >= 15 is 0 Å². The van der Waals surface area contributed by atoms with Gasteiger partial charge in [-0.05, 0) is 35.4 Å². The van der Waals surface area contributed by atoms with Crippen molar-refractivity contribution in [3.8, 4) is 11.5 Å². The number of halogens is 3. The largest absolute Gasteiger partial charge is 0.491 e. The van der Waals surface area contributed by atoms with Gasteiger partial charge < -0.3 is 25.4 Å². The zero-order valence-electron chi connectivity index (χ0n) is 16.4. The molecule has 0 amide bonds. The minimum atomic E-state index is -0.799. The van der Waals surface area contributed by atoms with Crippen LogP contribution in [0.1, 0.15) is 25.0 Å². The van der Waals surface area contributed by atoms with Crippen LogP contribution in [0, 0.1) is 0 Å². The highest BCUT2D eigenvalue weighted by molar-refractivity contribution is 6.37. The highest BCUT2D eigenvalue weighted by Gasteiger charge is 2.26. The molecule has 0 fully saturated rings. The lowest BCUT2D eigenvalue weighted by molar-refractivity contribution is 0.114. The summed E-state index contributed by atoms with van der Waals surface area (Å²) in [5.41, 5.74) is 6.92. The molecule has 2 atom stereocenters. The number of ether oxygens (including phenoxy) is 2. The van der Waals surface area contributed by atoms with E-state index in [0.717, 1.165) is 11.1 Å². The van der Waals surface area contributed by atoms with Gasteiger partial charge in [0.05, 0.1) is 15.9 Å². The summed E-state index contributed by atoms with van der Waals surface area (Å²) >= 11 is 18.4. The molecule has 2 rings (SSSR count). The van der Waals surface area contributed by atoms with Crippen molar-refractivity contribution in [2.24, 2.45) is 5.73 Å². The van der Waals surface area contributed by atoms with Crippen LogP contribution < -0.4 is 15.2 Å². The number of nitrogens with two attached hydrogens (primary N) is 1. The first kappa shape index (κ1) is 24.1. The molecule has 5 nitrogen and oxygen atoms in total. The molecule has 29 heavy (non-hydrogen) atoms. The maximum atomic E-state index is 9.57. The van der Waals surface area contributed by atoms with Crippen molar-refractivity contribution >= 4 is 34.8 Å². The first-order chi connectivity index (χ1) is 13.7. The summed E-state index contributed by atoms with van der Waals surface area (Å²) in [6.07, 6.45) is -1.49. The van der Waals surface area contributed by atoms with Gasteiger partial charge in [0.15, 0.2) is 5.75 Å². The topological polar surface area (TPSA) is 84.9 Å². The zero-order valence-corrected chi connectivity index (χ0v) is 18.6. The van der Waals surface area contributed by atoms with Crippen LogP contribution in [-0.4, -0.2) is 48.1 Å². The molecule has 0 aromatic heterocycles. The van der Waals surface area contributed by atoms with E-state index < -0.39 is 17.6 Å². The molecule has 4 N–H and O–H groups in total. The normalized spacial score (nSPS) is 13.8. The lowest BCUT2D eigenvalue weighted by atomic mass is 9.78. The number of hydrogen-bond acceptors (Lipinski definition) is 5. The summed E-state index contributed by atoms with van der Waals surface area (Å²) in [5.74, 6) is 1.03. The number of rotatable bonds is 10. The van der Waals surface area contributed by atoms with Gasteiger partial charge in [-0.15, -0.1) is 11.6 Å². The molecule has 0 saturated carbocycles. The maximum Gasteiger partial charge on any atom is 0.156 e. The highest BCUT2D eigenvalue weighted by atomic mass is 35.5. The maximum absolute atomic E-state index is 9.57. The Morgan fingerprint density at radius 2 is 1.48 bits per heavy atom. The molecule has 160 valence electrons. The average Bonchev–Trinajstić information content (AvgIpc) is 2.71. The van der Waals surface area contributed by atoms with E-state index in [2.05, 4.69) is 13.8 Å². The van der Waals surface area contributed by atoms with Crippen molar-refractivity contribution in [1.29, 1.82) is 0 Å². The number of alkyl halides is 1. The van der Waals surface area contributed by atoms with Gasteiger partial charge in [0.2, 0.25) is 0 Å². The molecule has 0 spiro atoms. The molecule has 0 saturated heterocycles. The Bertz CT molecular complexity index is 776. The predicted molar refractivity (Wildman–Crippen MR) is 118 cm³/mol. The molecular weight excluding hydrogens is 437 g/mol. The van der Waals surface area contributed by atoms with Gasteiger partial charge in [-0.2, -0.15) is 0 Å². The van der Waals surface area contributed by atoms with Gasteiger partial charge in [0, 0.05) is 12.0 Å². The molecular formula is C21H26Cl3NO4. The smallest absolute Gasteiger partial charge is 0.156 e. The van der Waals surface area contributed by atoms with E-state index in [9.17, 15) is 10.2 Å². The Hall–Kier alpha value is -1.21. The lowest BCUT2D eigenvalue weighted by Gasteiger charge is -2.27. The quantitative estimate of drug-likeness (QED) is 0.465. The van der Waals surface area contributed by atoms with E-state index in [1.54, 1.807) is 12.1 Å². The Morgan fingerprint density at radius 1 is 0.931 bits per heavy atom. The van der Waals surface area contributed by atoms with Crippen molar-refractivity contribution < 1.29 is 19.7 Å². The number of hydrogen-bond donors (Lipinski definition) is 3. The fraction of sp³-hybridized carbons (Fsp3) is 0.429. The second kappa shape index (κ2) is 10.7. The molecule has 2 aromatic rings. The van der Waals surface area contributed by atoms with Crippen LogP contribution in [0.5, 0.6) is 11.5 Å². The van der Waals surface area contributed by atoms with Gasteiger partial charge in [0.1, 0.15) is 31.2 Å². The van der Waals surface area contributed by atoms with Crippen LogP contribution in [-0.2, 0) is 5.41 Å². The van der Waals surface area contributed by atoms with Gasteiger partial charge in [-0.25, -0.2) is 0 Å². The van der Waals surface area contributed by atoms with E-state index in [-0.39, 0.29) is 25.6 Å². The predicted octanol–water partition coefficient (Wildman–Crippen LogP) is 4.00. The lowest BCUT2D eigenvalue weighted by Crippen LogP contribution is -2.26. The Morgan fingerprint density at radius 3 is 2.00 bits per heavy atom. The van der Waals surface area contributed by atoms with E-state index in [0.29, 0.717) is 21.5 Å². The minimum absolute atomic E-state index is 0.00595. The molecule has 0 aliphatic rings. The van der Waals surface area contributed by atoms with E-state index in [4.69, 9.17) is 50.0 Å². The minimum Gasteiger partial charge on any atom is -0.491 e. The third kappa shape index (κ3) is 6.38. The molecule has 8 heteroatoms. The number of aliphatic hydroxyl groups excluding tert-OH is 2. The number of aliphatic hydroxyl groups is 2. The van der Waals surface area contributed by atoms with Crippen LogP contribution in [0.15, 0.2) is 36.4 Å². The van der Waals surface area contributed by atoms with Crippen LogP contribution in [0.3, 0.4) is 0 Å². The summed E-state index contributed by atoms with van der Waals surface area (Å²) in [6.45, 7) is 4.41. The Kier molecular flexibility index (Phi) is 8.89. The third-order valence-corrected chi connectivity index (χ3v) is 5.53. The number of benzene rings is 2. The fourth-order valence-electron chi connectivity index (χ4n) is 2.68. The molecule has 0 radical (unpaired) electrons.